The van der Waals surface area contributed by atoms with Gasteiger partial charge < -0.3 is 13.9 Å². The van der Waals surface area contributed by atoms with Gasteiger partial charge in [0, 0.05) is 17.5 Å². The summed E-state index contributed by atoms with van der Waals surface area (Å²) in [6.07, 6.45) is 3.40. The number of carbonyl (C=O) groups excluding carboxylic acids is 1. The Hall–Kier alpha value is -3.78. The van der Waals surface area contributed by atoms with E-state index in [1.807, 2.05) is 30.3 Å². The molecule has 0 spiro atoms. The zero-order chi connectivity index (χ0) is 23.2. The molecule has 0 saturated carbocycles. The lowest BCUT2D eigenvalue weighted by atomic mass is 10.1. The summed E-state index contributed by atoms with van der Waals surface area (Å²) in [6, 6.07) is 15.5. The molecule has 0 aliphatic carbocycles. The largest absolute Gasteiger partial charge is 0.481 e. The Labute approximate surface area is 193 Å². The van der Waals surface area contributed by atoms with E-state index in [1.54, 1.807) is 25.3 Å². The van der Waals surface area contributed by atoms with Crippen molar-refractivity contribution < 1.29 is 23.1 Å². The number of halogens is 1. The van der Waals surface area contributed by atoms with E-state index in [0.29, 0.717) is 11.4 Å². The predicted octanol–water partition coefficient (Wildman–Crippen LogP) is 5.25. The van der Waals surface area contributed by atoms with E-state index in [2.05, 4.69) is 4.98 Å². The van der Waals surface area contributed by atoms with Crippen LogP contribution < -0.4 is 10.2 Å². The maximum Gasteiger partial charge on any atom is 0.378 e. The monoisotopic (exact) mass is 465 g/mol. The van der Waals surface area contributed by atoms with Gasteiger partial charge in [-0.05, 0) is 30.2 Å². The van der Waals surface area contributed by atoms with Crippen LogP contribution in [0.2, 0.25) is 0 Å². The highest BCUT2D eigenvalue weighted by molar-refractivity contribution is 7.15. The maximum absolute atomic E-state index is 13.3. The lowest BCUT2D eigenvalue weighted by Gasteiger charge is -2.10. The standard InChI is InChI=1S/C25H20FNO5S/c1-2-30-25(29)23-22(31-14-17-6-4-3-5-7-17)21(28)20(15-32-23)24-27-13-19(33-24)12-16-8-10-18(26)11-9-16/h3-11,13,15H,2,12,14H2,1H3. The van der Waals surface area contributed by atoms with Crippen molar-refractivity contribution in [1.29, 1.82) is 0 Å². The summed E-state index contributed by atoms with van der Waals surface area (Å²) in [5, 5.41) is 0.431. The molecule has 0 fully saturated rings. The first-order chi connectivity index (χ1) is 16.0. The Kier molecular flexibility index (Phi) is 6.95. The first-order valence-corrected chi connectivity index (χ1v) is 11.1. The second-order valence-electron chi connectivity index (χ2n) is 7.07. The van der Waals surface area contributed by atoms with Crippen LogP contribution in [0.25, 0.3) is 10.6 Å². The minimum Gasteiger partial charge on any atom is -0.481 e. The number of hydrogen-bond acceptors (Lipinski definition) is 7. The molecule has 33 heavy (non-hydrogen) atoms. The zero-order valence-corrected chi connectivity index (χ0v) is 18.6. The van der Waals surface area contributed by atoms with E-state index in [9.17, 15) is 14.0 Å². The van der Waals surface area contributed by atoms with Crippen molar-refractivity contribution in [2.75, 3.05) is 6.61 Å². The van der Waals surface area contributed by atoms with Crippen LogP contribution in [0.5, 0.6) is 5.75 Å². The van der Waals surface area contributed by atoms with E-state index in [1.165, 1.54) is 29.7 Å². The highest BCUT2D eigenvalue weighted by Gasteiger charge is 2.24. The molecule has 0 aliphatic heterocycles. The van der Waals surface area contributed by atoms with Crippen LogP contribution in [0.1, 0.15) is 33.5 Å². The van der Waals surface area contributed by atoms with E-state index < -0.39 is 11.4 Å². The number of aromatic nitrogens is 1. The highest BCUT2D eigenvalue weighted by atomic mass is 32.1. The molecule has 0 N–H and O–H groups in total. The van der Waals surface area contributed by atoms with Gasteiger partial charge in [0.2, 0.25) is 11.2 Å². The van der Waals surface area contributed by atoms with Crippen LogP contribution in [0.3, 0.4) is 0 Å². The van der Waals surface area contributed by atoms with Gasteiger partial charge in [-0.1, -0.05) is 42.5 Å². The van der Waals surface area contributed by atoms with Gasteiger partial charge in [-0.3, -0.25) is 4.79 Å². The zero-order valence-electron chi connectivity index (χ0n) is 17.7. The van der Waals surface area contributed by atoms with Crippen molar-refractivity contribution in [2.45, 2.75) is 20.0 Å². The molecular formula is C25H20FNO5S. The maximum atomic E-state index is 13.3. The summed E-state index contributed by atoms with van der Waals surface area (Å²) in [4.78, 5) is 30.8. The fourth-order valence-corrected chi connectivity index (χ4v) is 4.06. The molecule has 2 heterocycles. The van der Waals surface area contributed by atoms with Gasteiger partial charge in [-0.15, -0.1) is 11.3 Å². The Morgan fingerprint density at radius 2 is 1.85 bits per heavy atom. The minimum absolute atomic E-state index is 0.0785. The fourth-order valence-electron chi connectivity index (χ4n) is 3.11. The first kappa shape index (κ1) is 22.4. The SMILES string of the molecule is CCOC(=O)c1occ(-c2ncc(Cc3ccc(F)cc3)s2)c(=O)c1OCc1ccccc1. The third-order valence-corrected chi connectivity index (χ3v) is 5.74. The molecule has 0 radical (unpaired) electrons. The van der Waals surface area contributed by atoms with Crippen LogP contribution >= 0.6 is 11.3 Å². The average molecular weight is 466 g/mol. The van der Waals surface area contributed by atoms with Gasteiger partial charge in [0.1, 0.15) is 23.7 Å². The number of nitrogens with zero attached hydrogens (tertiary/aromatic N) is 1. The number of hydrogen-bond donors (Lipinski definition) is 0. The van der Waals surface area contributed by atoms with Crippen LogP contribution in [0.15, 0.2) is 76.3 Å². The summed E-state index contributed by atoms with van der Waals surface area (Å²) in [7, 11) is 0. The van der Waals surface area contributed by atoms with Crippen molar-refractivity contribution in [1.82, 2.24) is 4.98 Å². The number of esters is 1. The van der Waals surface area contributed by atoms with E-state index in [-0.39, 0.29) is 36.1 Å². The number of thiazole rings is 1. The Bertz CT molecular complexity index is 1300. The minimum atomic E-state index is -0.777. The summed E-state index contributed by atoms with van der Waals surface area (Å²) < 4.78 is 29.4. The van der Waals surface area contributed by atoms with Crippen molar-refractivity contribution >= 4 is 17.3 Å². The number of benzene rings is 2. The predicted molar refractivity (Wildman–Crippen MR) is 122 cm³/mol. The van der Waals surface area contributed by atoms with Crippen LogP contribution in [0, 0.1) is 5.82 Å². The molecule has 4 rings (SSSR count). The van der Waals surface area contributed by atoms with Gasteiger partial charge in [0.15, 0.2) is 0 Å². The molecule has 4 aromatic rings. The Morgan fingerprint density at radius 1 is 1.09 bits per heavy atom. The molecule has 0 unspecified atom stereocenters. The summed E-state index contributed by atoms with van der Waals surface area (Å²) in [6.45, 7) is 1.86. The topological polar surface area (TPSA) is 78.6 Å². The smallest absolute Gasteiger partial charge is 0.378 e. The van der Waals surface area contributed by atoms with Crippen LogP contribution in [0.4, 0.5) is 4.39 Å². The molecule has 6 nitrogen and oxygen atoms in total. The van der Waals surface area contributed by atoms with Crippen molar-refractivity contribution in [2.24, 2.45) is 0 Å². The van der Waals surface area contributed by atoms with Crippen molar-refractivity contribution in [3.63, 3.8) is 0 Å². The summed E-state index contributed by atoms with van der Waals surface area (Å²) in [5.74, 6) is -1.58. The normalized spacial score (nSPS) is 10.7. The Balaban J connectivity index is 1.64. The summed E-state index contributed by atoms with van der Waals surface area (Å²) in [5.41, 5.74) is 1.42. The molecule has 0 saturated heterocycles. The molecule has 0 aliphatic rings. The fraction of sp³-hybridized carbons (Fsp3) is 0.160. The molecule has 8 heteroatoms. The number of ether oxygens (including phenoxy) is 2. The third kappa shape index (κ3) is 5.35. The van der Waals surface area contributed by atoms with Gasteiger partial charge >= 0.3 is 5.97 Å². The van der Waals surface area contributed by atoms with Crippen LogP contribution in [-0.2, 0) is 17.8 Å². The van der Waals surface area contributed by atoms with Gasteiger partial charge in [-0.25, -0.2) is 14.2 Å². The molecule has 2 aromatic carbocycles. The highest BCUT2D eigenvalue weighted by Crippen LogP contribution is 2.28. The quantitative estimate of drug-likeness (QED) is 0.331. The lowest BCUT2D eigenvalue weighted by Crippen LogP contribution is -2.17. The van der Waals surface area contributed by atoms with Gasteiger partial charge in [-0.2, -0.15) is 0 Å². The molecule has 0 atom stereocenters. The average Bonchev–Trinajstić information content (AvgIpc) is 3.28. The lowest BCUT2D eigenvalue weighted by molar-refractivity contribution is 0.0478. The number of carbonyl (C=O) groups is 1. The van der Waals surface area contributed by atoms with Crippen molar-refractivity contribution in [3.05, 3.63) is 105 Å². The molecule has 2 aromatic heterocycles. The van der Waals surface area contributed by atoms with Crippen molar-refractivity contribution in [3.8, 4) is 16.3 Å². The van der Waals surface area contributed by atoms with E-state index in [0.717, 1.165) is 16.0 Å². The summed E-state index contributed by atoms with van der Waals surface area (Å²) >= 11 is 1.31. The third-order valence-electron chi connectivity index (χ3n) is 4.71. The van der Waals surface area contributed by atoms with Crippen LogP contribution in [-0.4, -0.2) is 17.6 Å². The molecule has 0 amide bonds. The van der Waals surface area contributed by atoms with E-state index in [4.69, 9.17) is 13.9 Å². The second kappa shape index (κ2) is 10.2. The molecule has 0 bridgehead atoms. The Morgan fingerprint density at radius 3 is 2.58 bits per heavy atom. The van der Waals surface area contributed by atoms with E-state index >= 15 is 0 Å². The second-order valence-corrected chi connectivity index (χ2v) is 8.18. The first-order valence-electron chi connectivity index (χ1n) is 10.2. The molecular weight excluding hydrogens is 445 g/mol. The number of rotatable bonds is 8. The van der Waals surface area contributed by atoms with Gasteiger partial charge in [0.05, 0.1) is 12.2 Å². The molecule has 168 valence electrons. The van der Waals surface area contributed by atoms with Gasteiger partial charge in [0.25, 0.3) is 5.76 Å².